The predicted octanol–water partition coefficient (Wildman–Crippen LogP) is 5.39. The Morgan fingerprint density at radius 3 is 2.57 bits per heavy atom. The van der Waals surface area contributed by atoms with Crippen LogP contribution >= 0.6 is 35.0 Å². The molecule has 0 amide bonds. The van der Waals surface area contributed by atoms with Crippen LogP contribution in [0.25, 0.3) is 0 Å². The number of hydrogen-bond acceptors (Lipinski definition) is 3. The van der Waals surface area contributed by atoms with Gasteiger partial charge in [0.1, 0.15) is 5.25 Å². The standard InChI is InChI=1S/C16H14Cl2O2S/c1-2-20-16(19)15(11-6-4-3-5-7-11)21-14-10-12(17)8-9-13(14)18/h3-10,15H,2H2,1H3. The van der Waals surface area contributed by atoms with E-state index in [-0.39, 0.29) is 5.97 Å². The van der Waals surface area contributed by atoms with Crippen LogP contribution < -0.4 is 0 Å². The van der Waals surface area contributed by atoms with Gasteiger partial charge in [-0.15, -0.1) is 11.8 Å². The highest BCUT2D eigenvalue weighted by Crippen LogP contribution is 2.40. The van der Waals surface area contributed by atoms with Crippen molar-refractivity contribution in [2.24, 2.45) is 0 Å². The van der Waals surface area contributed by atoms with E-state index in [9.17, 15) is 4.79 Å². The Hall–Kier alpha value is -1.16. The van der Waals surface area contributed by atoms with Crippen LogP contribution in [-0.2, 0) is 9.53 Å². The lowest BCUT2D eigenvalue weighted by molar-refractivity contribution is -0.142. The van der Waals surface area contributed by atoms with Crippen molar-refractivity contribution in [1.82, 2.24) is 0 Å². The largest absolute Gasteiger partial charge is 0.465 e. The molecular weight excluding hydrogens is 327 g/mol. The number of halogens is 2. The van der Waals surface area contributed by atoms with E-state index in [1.165, 1.54) is 11.8 Å². The summed E-state index contributed by atoms with van der Waals surface area (Å²) in [4.78, 5) is 13.0. The van der Waals surface area contributed by atoms with Crippen molar-refractivity contribution in [3.8, 4) is 0 Å². The Kier molecular flexibility index (Phi) is 5.97. The van der Waals surface area contributed by atoms with Crippen LogP contribution in [0.3, 0.4) is 0 Å². The van der Waals surface area contributed by atoms with Crippen LogP contribution in [0.15, 0.2) is 53.4 Å². The van der Waals surface area contributed by atoms with Crippen molar-refractivity contribution in [3.63, 3.8) is 0 Å². The molecule has 0 spiro atoms. The van der Waals surface area contributed by atoms with Gasteiger partial charge in [-0.05, 0) is 30.7 Å². The minimum atomic E-state index is -0.470. The number of esters is 1. The van der Waals surface area contributed by atoms with Gasteiger partial charge in [0, 0.05) is 9.92 Å². The molecule has 0 aliphatic carbocycles. The fourth-order valence-corrected chi connectivity index (χ4v) is 3.37. The van der Waals surface area contributed by atoms with Gasteiger partial charge in [-0.25, -0.2) is 0 Å². The molecular formula is C16H14Cl2O2S. The van der Waals surface area contributed by atoms with Crippen LogP contribution in [0.1, 0.15) is 17.7 Å². The second kappa shape index (κ2) is 7.74. The smallest absolute Gasteiger partial charge is 0.323 e. The van der Waals surface area contributed by atoms with Crippen LogP contribution in [0, 0.1) is 0 Å². The third-order valence-electron chi connectivity index (χ3n) is 2.74. The van der Waals surface area contributed by atoms with E-state index in [4.69, 9.17) is 27.9 Å². The summed E-state index contributed by atoms with van der Waals surface area (Å²) in [6.07, 6.45) is 0. The highest BCUT2D eigenvalue weighted by molar-refractivity contribution is 8.00. The highest BCUT2D eigenvalue weighted by atomic mass is 35.5. The highest BCUT2D eigenvalue weighted by Gasteiger charge is 2.24. The first-order valence-electron chi connectivity index (χ1n) is 6.45. The van der Waals surface area contributed by atoms with Gasteiger partial charge in [-0.3, -0.25) is 4.79 Å². The Labute approximate surface area is 138 Å². The van der Waals surface area contributed by atoms with Crippen molar-refractivity contribution >= 4 is 40.9 Å². The molecule has 0 aromatic heterocycles. The van der Waals surface area contributed by atoms with Crippen LogP contribution in [0.5, 0.6) is 0 Å². The minimum absolute atomic E-state index is 0.287. The second-order valence-electron chi connectivity index (χ2n) is 4.24. The summed E-state index contributed by atoms with van der Waals surface area (Å²) in [7, 11) is 0. The van der Waals surface area contributed by atoms with Crippen molar-refractivity contribution in [1.29, 1.82) is 0 Å². The van der Waals surface area contributed by atoms with Gasteiger partial charge in [0.2, 0.25) is 0 Å². The molecule has 0 aliphatic rings. The number of thioether (sulfide) groups is 1. The first kappa shape index (κ1) is 16.2. The van der Waals surface area contributed by atoms with Gasteiger partial charge in [0.25, 0.3) is 0 Å². The van der Waals surface area contributed by atoms with Crippen molar-refractivity contribution in [2.45, 2.75) is 17.1 Å². The predicted molar refractivity (Wildman–Crippen MR) is 88.1 cm³/mol. The average Bonchev–Trinajstić information content (AvgIpc) is 2.49. The SMILES string of the molecule is CCOC(=O)C(Sc1cc(Cl)ccc1Cl)c1ccccc1. The lowest BCUT2D eigenvalue weighted by Gasteiger charge is -2.16. The third kappa shape index (κ3) is 4.40. The molecule has 0 aliphatic heterocycles. The minimum Gasteiger partial charge on any atom is -0.465 e. The Bertz CT molecular complexity index is 617. The first-order chi connectivity index (χ1) is 10.1. The Balaban J connectivity index is 2.32. The number of benzene rings is 2. The maximum absolute atomic E-state index is 12.2. The van der Waals surface area contributed by atoms with E-state index in [0.717, 1.165) is 10.5 Å². The molecule has 0 saturated carbocycles. The third-order valence-corrected chi connectivity index (χ3v) is 4.71. The summed E-state index contributed by atoms with van der Waals surface area (Å²) < 4.78 is 5.16. The molecule has 0 heterocycles. The van der Waals surface area contributed by atoms with E-state index >= 15 is 0 Å². The zero-order valence-corrected chi connectivity index (χ0v) is 13.7. The number of rotatable bonds is 5. The number of carbonyl (C=O) groups is 1. The second-order valence-corrected chi connectivity index (χ2v) is 6.23. The van der Waals surface area contributed by atoms with Gasteiger partial charge < -0.3 is 4.74 Å². The lowest BCUT2D eigenvalue weighted by atomic mass is 10.1. The molecule has 0 N–H and O–H groups in total. The van der Waals surface area contributed by atoms with Gasteiger partial charge >= 0.3 is 5.97 Å². The van der Waals surface area contributed by atoms with Gasteiger partial charge in [-0.2, -0.15) is 0 Å². The van der Waals surface area contributed by atoms with E-state index in [2.05, 4.69) is 0 Å². The molecule has 0 saturated heterocycles. The summed E-state index contributed by atoms with van der Waals surface area (Å²) in [5, 5.41) is 0.675. The summed E-state index contributed by atoms with van der Waals surface area (Å²) in [6, 6.07) is 14.7. The zero-order chi connectivity index (χ0) is 15.2. The molecule has 1 unspecified atom stereocenters. The Morgan fingerprint density at radius 2 is 1.90 bits per heavy atom. The monoisotopic (exact) mass is 340 g/mol. The zero-order valence-electron chi connectivity index (χ0n) is 11.4. The normalized spacial score (nSPS) is 12.0. The maximum atomic E-state index is 12.2. The van der Waals surface area contributed by atoms with Crippen LogP contribution in [0.4, 0.5) is 0 Å². The van der Waals surface area contributed by atoms with Gasteiger partial charge in [-0.1, -0.05) is 53.5 Å². The summed E-state index contributed by atoms with van der Waals surface area (Å²) in [5.41, 5.74) is 0.872. The van der Waals surface area contributed by atoms with Crippen molar-refractivity contribution in [2.75, 3.05) is 6.61 Å². The molecule has 2 aromatic carbocycles. The molecule has 0 bridgehead atoms. The first-order valence-corrected chi connectivity index (χ1v) is 8.08. The molecule has 1 atom stereocenters. The summed E-state index contributed by atoms with van der Waals surface area (Å²) >= 11 is 13.5. The summed E-state index contributed by atoms with van der Waals surface area (Å²) in [6.45, 7) is 2.13. The molecule has 5 heteroatoms. The van der Waals surface area contributed by atoms with Crippen molar-refractivity contribution in [3.05, 3.63) is 64.1 Å². The molecule has 0 radical (unpaired) electrons. The van der Waals surface area contributed by atoms with E-state index in [1.54, 1.807) is 25.1 Å². The molecule has 0 fully saturated rings. The fraction of sp³-hybridized carbons (Fsp3) is 0.188. The van der Waals surface area contributed by atoms with E-state index in [1.807, 2.05) is 30.3 Å². The average molecular weight is 341 g/mol. The molecule has 2 aromatic rings. The number of ether oxygens (including phenoxy) is 1. The molecule has 2 nitrogen and oxygen atoms in total. The van der Waals surface area contributed by atoms with Crippen LogP contribution in [0.2, 0.25) is 10.0 Å². The molecule has 110 valence electrons. The number of carbonyl (C=O) groups excluding carboxylic acids is 1. The Morgan fingerprint density at radius 1 is 1.19 bits per heavy atom. The molecule has 2 rings (SSSR count). The topological polar surface area (TPSA) is 26.3 Å². The van der Waals surface area contributed by atoms with Gasteiger partial charge in [0.05, 0.1) is 11.6 Å². The fourth-order valence-electron chi connectivity index (χ4n) is 1.79. The molecule has 21 heavy (non-hydrogen) atoms. The van der Waals surface area contributed by atoms with E-state index in [0.29, 0.717) is 16.7 Å². The lowest BCUT2D eigenvalue weighted by Crippen LogP contribution is -2.13. The quantitative estimate of drug-likeness (QED) is 0.539. The van der Waals surface area contributed by atoms with E-state index < -0.39 is 5.25 Å². The summed E-state index contributed by atoms with van der Waals surface area (Å²) in [5.74, 6) is -0.287. The van der Waals surface area contributed by atoms with Crippen LogP contribution in [-0.4, -0.2) is 12.6 Å². The maximum Gasteiger partial charge on any atom is 0.323 e. The van der Waals surface area contributed by atoms with Crippen molar-refractivity contribution < 1.29 is 9.53 Å². The number of hydrogen-bond donors (Lipinski definition) is 0. The van der Waals surface area contributed by atoms with Gasteiger partial charge in [0.15, 0.2) is 0 Å².